The van der Waals surface area contributed by atoms with Crippen molar-refractivity contribution in [3.05, 3.63) is 71.8 Å². The van der Waals surface area contributed by atoms with Crippen LogP contribution in [0, 0.1) is 5.41 Å². The Labute approximate surface area is 150 Å². The lowest BCUT2D eigenvalue weighted by atomic mass is 9.95. The van der Waals surface area contributed by atoms with Crippen LogP contribution in [0.4, 0.5) is 5.69 Å². The monoisotopic (exact) mass is 335 g/mol. The fourth-order valence-corrected chi connectivity index (χ4v) is 3.54. The molecule has 0 fully saturated rings. The third-order valence-corrected chi connectivity index (χ3v) is 5.16. The summed E-state index contributed by atoms with van der Waals surface area (Å²) in [5.74, 6) is 0. The average molecular weight is 336 g/mol. The summed E-state index contributed by atoms with van der Waals surface area (Å²) in [5.41, 5.74) is 6.56. The van der Waals surface area contributed by atoms with E-state index in [-0.39, 0.29) is 5.41 Å². The quantitative estimate of drug-likeness (QED) is 0.632. The molecule has 3 rings (SSSR count). The molecule has 0 bridgehead atoms. The molecule has 1 aliphatic carbocycles. The van der Waals surface area contributed by atoms with Crippen LogP contribution in [-0.2, 0) is 0 Å². The maximum absolute atomic E-state index is 2.39. The molecule has 0 aromatic heterocycles. The standard InChI is InChI=1S/C22H25NS/c1-22(2)14-20(16-6-10-18(11-7-16)23(3)4)21(15-22)17-8-12-19(24-5)13-9-17/h6-15H,1-5H3. The van der Waals surface area contributed by atoms with Crippen LogP contribution in [0.15, 0.2) is 65.6 Å². The molecule has 0 spiro atoms. The second kappa shape index (κ2) is 6.52. The lowest BCUT2D eigenvalue weighted by molar-refractivity contribution is 0.638. The Morgan fingerprint density at radius 1 is 0.750 bits per heavy atom. The number of benzene rings is 2. The van der Waals surface area contributed by atoms with Crippen LogP contribution in [0.5, 0.6) is 0 Å². The highest BCUT2D eigenvalue weighted by atomic mass is 32.2. The Kier molecular flexibility index (Phi) is 4.60. The largest absolute Gasteiger partial charge is 0.378 e. The van der Waals surface area contributed by atoms with Gasteiger partial charge in [-0.1, -0.05) is 50.3 Å². The van der Waals surface area contributed by atoms with Gasteiger partial charge < -0.3 is 4.90 Å². The molecule has 0 atom stereocenters. The lowest BCUT2D eigenvalue weighted by Gasteiger charge is -2.14. The van der Waals surface area contributed by atoms with Crippen molar-refractivity contribution < 1.29 is 0 Å². The van der Waals surface area contributed by atoms with Gasteiger partial charge in [-0.15, -0.1) is 11.8 Å². The van der Waals surface area contributed by atoms with Crippen molar-refractivity contribution in [1.29, 1.82) is 0 Å². The number of hydrogen-bond acceptors (Lipinski definition) is 2. The van der Waals surface area contributed by atoms with Crippen molar-refractivity contribution in [1.82, 2.24) is 0 Å². The van der Waals surface area contributed by atoms with Gasteiger partial charge in [-0.3, -0.25) is 0 Å². The first kappa shape index (κ1) is 16.9. The Morgan fingerprint density at radius 2 is 1.21 bits per heavy atom. The van der Waals surface area contributed by atoms with Crippen LogP contribution in [0.3, 0.4) is 0 Å². The van der Waals surface area contributed by atoms with Gasteiger partial charge in [0.15, 0.2) is 0 Å². The summed E-state index contributed by atoms with van der Waals surface area (Å²) in [4.78, 5) is 3.44. The molecular formula is C22H25NS. The summed E-state index contributed by atoms with van der Waals surface area (Å²) in [7, 11) is 4.15. The van der Waals surface area contributed by atoms with E-state index < -0.39 is 0 Å². The average Bonchev–Trinajstić information content (AvgIpc) is 2.91. The Bertz CT molecular complexity index is 778. The fourth-order valence-electron chi connectivity index (χ4n) is 3.13. The first-order chi connectivity index (χ1) is 11.4. The van der Waals surface area contributed by atoms with E-state index in [2.05, 4.69) is 99.8 Å². The molecule has 0 saturated heterocycles. The number of anilines is 1. The third-order valence-electron chi connectivity index (χ3n) is 4.42. The van der Waals surface area contributed by atoms with Gasteiger partial charge in [-0.25, -0.2) is 0 Å². The van der Waals surface area contributed by atoms with E-state index in [9.17, 15) is 0 Å². The van der Waals surface area contributed by atoms with E-state index in [1.165, 1.54) is 32.9 Å². The molecule has 0 saturated carbocycles. The topological polar surface area (TPSA) is 3.24 Å². The highest BCUT2D eigenvalue weighted by Crippen LogP contribution is 2.44. The van der Waals surface area contributed by atoms with E-state index in [4.69, 9.17) is 0 Å². The van der Waals surface area contributed by atoms with Crippen LogP contribution in [0.25, 0.3) is 11.1 Å². The van der Waals surface area contributed by atoms with E-state index in [0.717, 1.165) is 0 Å². The SMILES string of the molecule is CSc1ccc(C2=CC(C)(C)C=C2c2ccc(N(C)C)cc2)cc1. The molecule has 124 valence electrons. The molecule has 24 heavy (non-hydrogen) atoms. The summed E-state index contributed by atoms with van der Waals surface area (Å²) in [5, 5.41) is 0. The van der Waals surface area contributed by atoms with E-state index >= 15 is 0 Å². The van der Waals surface area contributed by atoms with Crippen molar-refractivity contribution in [2.75, 3.05) is 25.3 Å². The van der Waals surface area contributed by atoms with Gasteiger partial charge in [0.2, 0.25) is 0 Å². The molecule has 0 unspecified atom stereocenters. The molecule has 0 N–H and O–H groups in total. The summed E-state index contributed by atoms with van der Waals surface area (Å²) in [6.45, 7) is 4.54. The summed E-state index contributed by atoms with van der Waals surface area (Å²) >= 11 is 1.78. The second-order valence-electron chi connectivity index (χ2n) is 7.11. The molecule has 1 nitrogen and oxygen atoms in total. The van der Waals surface area contributed by atoms with Crippen molar-refractivity contribution in [3.8, 4) is 0 Å². The van der Waals surface area contributed by atoms with Gasteiger partial charge in [0, 0.05) is 30.1 Å². The molecular weight excluding hydrogens is 310 g/mol. The zero-order chi connectivity index (χ0) is 17.3. The van der Waals surface area contributed by atoms with Crippen molar-refractivity contribution in [2.24, 2.45) is 5.41 Å². The van der Waals surface area contributed by atoms with Gasteiger partial charge in [0.25, 0.3) is 0 Å². The molecule has 0 aliphatic heterocycles. The van der Waals surface area contributed by atoms with Gasteiger partial charge in [0.05, 0.1) is 0 Å². The summed E-state index contributed by atoms with van der Waals surface area (Å²) < 4.78 is 0. The Hall–Kier alpha value is -1.93. The van der Waals surface area contributed by atoms with Crippen molar-refractivity contribution >= 4 is 28.6 Å². The Balaban J connectivity index is 2.00. The predicted octanol–water partition coefficient (Wildman–Crippen LogP) is 5.98. The van der Waals surface area contributed by atoms with E-state index in [1.807, 2.05) is 0 Å². The normalized spacial score (nSPS) is 15.9. The van der Waals surface area contributed by atoms with E-state index in [1.54, 1.807) is 11.8 Å². The molecule has 2 heteroatoms. The number of thioether (sulfide) groups is 1. The number of hydrogen-bond donors (Lipinski definition) is 0. The minimum Gasteiger partial charge on any atom is -0.378 e. The van der Waals surface area contributed by atoms with Crippen LogP contribution in [-0.4, -0.2) is 20.4 Å². The lowest BCUT2D eigenvalue weighted by Crippen LogP contribution is -2.08. The zero-order valence-electron chi connectivity index (χ0n) is 15.1. The number of allylic oxidation sites excluding steroid dienone is 4. The number of rotatable bonds is 4. The Morgan fingerprint density at radius 3 is 1.62 bits per heavy atom. The smallest absolute Gasteiger partial charge is 0.0361 e. The fraction of sp³-hybridized carbons (Fsp3) is 0.273. The molecule has 2 aromatic rings. The minimum absolute atomic E-state index is 0.0864. The van der Waals surface area contributed by atoms with Crippen molar-refractivity contribution in [2.45, 2.75) is 18.7 Å². The van der Waals surface area contributed by atoms with Gasteiger partial charge in [-0.2, -0.15) is 0 Å². The van der Waals surface area contributed by atoms with Crippen LogP contribution < -0.4 is 4.90 Å². The van der Waals surface area contributed by atoms with Crippen molar-refractivity contribution in [3.63, 3.8) is 0 Å². The van der Waals surface area contributed by atoms with Crippen LogP contribution in [0.2, 0.25) is 0 Å². The highest BCUT2D eigenvalue weighted by molar-refractivity contribution is 7.98. The number of nitrogens with zero attached hydrogens (tertiary/aromatic N) is 1. The molecule has 0 amide bonds. The van der Waals surface area contributed by atoms with Gasteiger partial charge in [0.1, 0.15) is 0 Å². The molecule has 2 aromatic carbocycles. The van der Waals surface area contributed by atoms with Gasteiger partial charge >= 0.3 is 0 Å². The highest BCUT2D eigenvalue weighted by Gasteiger charge is 2.25. The first-order valence-corrected chi connectivity index (χ1v) is 9.50. The van der Waals surface area contributed by atoms with Crippen LogP contribution in [0.1, 0.15) is 25.0 Å². The predicted molar refractivity (Wildman–Crippen MR) is 109 cm³/mol. The summed E-state index contributed by atoms with van der Waals surface area (Å²) in [6.07, 6.45) is 6.89. The molecule has 0 radical (unpaired) electrons. The third kappa shape index (κ3) is 3.44. The second-order valence-corrected chi connectivity index (χ2v) is 7.99. The maximum Gasteiger partial charge on any atom is 0.0361 e. The molecule has 1 aliphatic rings. The first-order valence-electron chi connectivity index (χ1n) is 8.28. The van der Waals surface area contributed by atoms with E-state index in [0.29, 0.717) is 0 Å². The molecule has 0 heterocycles. The van der Waals surface area contributed by atoms with Crippen LogP contribution >= 0.6 is 11.8 Å². The summed E-state index contributed by atoms with van der Waals surface area (Å²) in [6, 6.07) is 17.7. The zero-order valence-corrected chi connectivity index (χ0v) is 15.9. The maximum atomic E-state index is 2.39. The minimum atomic E-state index is 0.0864. The van der Waals surface area contributed by atoms with Gasteiger partial charge in [-0.05, 0) is 52.8 Å².